The molecule has 1 aliphatic heterocycles. The number of carbonyl (C=O) groups excluding carboxylic acids is 1. The third-order valence-electron chi connectivity index (χ3n) is 4.49. The van der Waals surface area contributed by atoms with Crippen LogP contribution < -0.4 is 14.8 Å². The fourth-order valence-electron chi connectivity index (χ4n) is 3.52. The summed E-state index contributed by atoms with van der Waals surface area (Å²) >= 11 is 0. The summed E-state index contributed by atoms with van der Waals surface area (Å²) < 4.78 is 10.4. The van der Waals surface area contributed by atoms with Gasteiger partial charge in [0, 0.05) is 31.3 Å². The molecule has 0 bridgehead atoms. The van der Waals surface area contributed by atoms with Gasteiger partial charge >= 0.3 is 0 Å². The minimum Gasteiger partial charge on any atom is -0.497 e. The molecule has 1 fully saturated rings. The van der Waals surface area contributed by atoms with Gasteiger partial charge in [0.05, 0.1) is 14.2 Å². The molecule has 1 heterocycles. The molecule has 0 spiro atoms. The van der Waals surface area contributed by atoms with E-state index in [1.165, 1.54) is 19.5 Å². The second kappa shape index (κ2) is 8.92. The van der Waals surface area contributed by atoms with Gasteiger partial charge in [0.25, 0.3) is 5.91 Å². The SMILES string of the molecule is COc1cc(OC)cc(C(=O)NCCCN2C[C@H](C)C[C@@H](C)C2)c1. The number of hydrogen-bond acceptors (Lipinski definition) is 4. The van der Waals surface area contributed by atoms with Crippen LogP contribution in [-0.4, -0.2) is 51.2 Å². The predicted octanol–water partition coefficient (Wildman–Crippen LogP) is 2.80. The largest absolute Gasteiger partial charge is 0.497 e. The first-order valence-corrected chi connectivity index (χ1v) is 8.75. The van der Waals surface area contributed by atoms with Gasteiger partial charge in [-0.05, 0) is 43.4 Å². The third-order valence-corrected chi connectivity index (χ3v) is 4.49. The average molecular weight is 334 g/mol. The Morgan fingerprint density at radius 3 is 2.25 bits per heavy atom. The number of methoxy groups -OCH3 is 2. The van der Waals surface area contributed by atoms with Gasteiger partial charge in [0.15, 0.2) is 0 Å². The Balaban J connectivity index is 1.79. The summed E-state index contributed by atoms with van der Waals surface area (Å²) in [4.78, 5) is 14.8. The van der Waals surface area contributed by atoms with Crippen LogP contribution in [0.4, 0.5) is 0 Å². The molecule has 2 atom stereocenters. The maximum Gasteiger partial charge on any atom is 0.251 e. The Hall–Kier alpha value is -1.75. The summed E-state index contributed by atoms with van der Waals surface area (Å²) in [6.07, 6.45) is 2.29. The molecule has 1 saturated heterocycles. The van der Waals surface area contributed by atoms with Crippen molar-refractivity contribution in [1.29, 1.82) is 0 Å². The number of amides is 1. The van der Waals surface area contributed by atoms with E-state index in [4.69, 9.17) is 9.47 Å². The van der Waals surface area contributed by atoms with Crippen molar-refractivity contribution in [3.8, 4) is 11.5 Å². The Labute approximate surface area is 145 Å². The Bertz CT molecular complexity index is 515. The fraction of sp³-hybridized carbons (Fsp3) is 0.632. The molecule has 0 radical (unpaired) electrons. The molecule has 1 amide bonds. The first-order chi connectivity index (χ1) is 11.5. The second-order valence-electron chi connectivity index (χ2n) is 6.92. The molecule has 0 unspecified atom stereocenters. The molecule has 1 N–H and O–H groups in total. The summed E-state index contributed by atoms with van der Waals surface area (Å²) in [6.45, 7) is 8.70. The molecule has 0 aliphatic carbocycles. The first kappa shape index (κ1) is 18.6. The van der Waals surface area contributed by atoms with Crippen molar-refractivity contribution in [3.63, 3.8) is 0 Å². The van der Waals surface area contributed by atoms with Gasteiger partial charge < -0.3 is 19.7 Å². The van der Waals surface area contributed by atoms with Crippen LogP contribution in [0.15, 0.2) is 18.2 Å². The molecule has 0 saturated carbocycles. The van der Waals surface area contributed by atoms with Crippen LogP contribution in [0.5, 0.6) is 11.5 Å². The lowest BCUT2D eigenvalue weighted by molar-refractivity contribution is 0.0946. The Morgan fingerprint density at radius 2 is 1.71 bits per heavy atom. The molecule has 5 nitrogen and oxygen atoms in total. The predicted molar refractivity (Wildman–Crippen MR) is 95.9 cm³/mol. The highest BCUT2D eigenvalue weighted by atomic mass is 16.5. The Morgan fingerprint density at radius 1 is 1.12 bits per heavy atom. The number of benzene rings is 1. The number of rotatable bonds is 7. The van der Waals surface area contributed by atoms with Gasteiger partial charge in [-0.3, -0.25) is 4.79 Å². The number of likely N-dealkylation sites (tertiary alicyclic amines) is 1. The van der Waals surface area contributed by atoms with E-state index in [1.54, 1.807) is 32.4 Å². The van der Waals surface area contributed by atoms with E-state index in [0.29, 0.717) is 23.6 Å². The molecular formula is C19H30N2O3. The molecule has 24 heavy (non-hydrogen) atoms. The monoisotopic (exact) mass is 334 g/mol. The smallest absolute Gasteiger partial charge is 0.251 e. The number of hydrogen-bond donors (Lipinski definition) is 1. The quantitative estimate of drug-likeness (QED) is 0.779. The number of nitrogens with one attached hydrogen (secondary N) is 1. The average Bonchev–Trinajstić information content (AvgIpc) is 2.57. The van der Waals surface area contributed by atoms with Crippen molar-refractivity contribution < 1.29 is 14.3 Å². The van der Waals surface area contributed by atoms with Gasteiger partial charge in [0.1, 0.15) is 11.5 Å². The minimum atomic E-state index is -0.0902. The molecule has 0 aromatic heterocycles. The molecule has 134 valence electrons. The van der Waals surface area contributed by atoms with E-state index in [-0.39, 0.29) is 5.91 Å². The molecule has 1 aromatic rings. The van der Waals surface area contributed by atoms with Crippen molar-refractivity contribution in [3.05, 3.63) is 23.8 Å². The molecule has 1 aromatic carbocycles. The van der Waals surface area contributed by atoms with Crippen molar-refractivity contribution in [2.24, 2.45) is 11.8 Å². The zero-order valence-corrected chi connectivity index (χ0v) is 15.3. The van der Waals surface area contributed by atoms with E-state index in [0.717, 1.165) is 24.8 Å². The van der Waals surface area contributed by atoms with Gasteiger partial charge in [-0.2, -0.15) is 0 Å². The molecule has 1 aliphatic rings. The summed E-state index contributed by atoms with van der Waals surface area (Å²) in [6, 6.07) is 5.22. The van der Waals surface area contributed by atoms with Crippen molar-refractivity contribution in [1.82, 2.24) is 10.2 Å². The van der Waals surface area contributed by atoms with Crippen LogP contribution in [0.25, 0.3) is 0 Å². The van der Waals surface area contributed by atoms with E-state index in [9.17, 15) is 4.79 Å². The second-order valence-corrected chi connectivity index (χ2v) is 6.92. The zero-order chi connectivity index (χ0) is 17.5. The normalized spacial score (nSPS) is 21.3. The number of ether oxygens (including phenoxy) is 2. The molecule has 2 rings (SSSR count). The number of nitrogens with zero attached hydrogens (tertiary/aromatic N) is 1. The number of piperidine rings is 1. The maximum atomic E-state index is 12.3. The minimum absolute atomic E-state index is 0.0902. The van der Waals surface area contributed by atoms with Crippen LogP contribution in [0.1, 0.15) is 37.0 Å². The zero-order valence-electron chi connectivity index (χ0n) is 15.3. The van der Waals surface area contributed by atoms with Crippen molar-refractivity contribution >= 4 is 5.91 Å². The molecule has 5 heteroatoms. The van der Waals surface area contributed by atoms with E-state index < -0.39 is 0 Å². The van der Waals surface area contributed by atoms with Gasteiger partial charge in [0.2, 0.25) is 0 Å². The lowest BCUT2D eigenvalue weighted by atomic mass is 9.92. The summed E-state index contributed by atoms with van der Waals surface area (Å²) in [7, 11) is 3.16. The van der Waals surface area contributed by atoms with Gasteiger partial charge in [-0.15, -0.1) is 0 Å². The van der Waals surface area contributed by atoms with Crippen LogP contribution in [0.2, 0.25) is 0 Å². The topological polar surface area (TPSA) is 50.8 Å². The van der Waals surface area contributed by atoms with Crippen LogP contribution in [0, 0.1) is 11.8 Å². The van der Waals surface area contributed by atoms with Crippen molar-refractivity contribution in [2.45, 2.75) is 26.7 Å². The van der Waals surface area contributed by atoms with Crippen molar-refractivity contribution in [2.75, 3.05) is 40.4 Å². The Kier molecular flexibility index (Phi) is 6.91. The maximum absolute atomic E-state index is 12.3. The van der Waals surface area contributed by atoms with E-state index in [2.05, 4.69) is 24.1 Å². The van der Waals surface area contributed by atoms with Gasteiger partial charge in [-0.25, -0.2) is 0 Å². The lowest BCUT2D eigenvalue weighted by Crippen LogP contribution is -2.40. The van der Waals surface area contributed by atoms with E-state index in [1.807, 2.05) is 0 Å². The lowest BCUT2D eigenvalue weighted by Gasteiger charge is -2.34. The molecular weight excluding hydrogens is 304 g/mol. The third kappa shape index (κ3) is 5.41. The van der Waals surface area contributed by atoms with Crippen LogP contribution >= 0.6 is 0 Å². The fourth-order valence-corrected chi connectivity index (χ4v) is 3.52. The van der Waals surface area contributed by atoms with Crippen LogP contribution in [-0.2, 0) is 0 Å². The highest BCUT2D eigenvalue weighted by molar-refractivity contribution is 5.95. The van der Waals surface area contributed by atoms with E-state index >= 15 is 0 Å². The highest BCUT2D eigenvalue weighted by Crippen LogP contribution is 2.22. The number of carbonyl (C=O) groups is 1. The van der Waals surface area contributed by atoms with Crippen LogP contribution in [0.3, 0.4) is 0 Å². The first-order valence-electron chi connectivity index (χ1n) is 8.75. The summed E-state index contributed by atoms with van der Waals surface area (Å²) in [5, 5.41) is 2.99. The van der Waals surface area contributed by atoms with Gasteiger partial charge in [-0.1, -0.05) is 13.8 Å². The highest BCUT2D eigenvalue weighted by Gasteiger charge is 2.21. The summed E-state index contributed by atoms with van der Waals surface area (Å²) in [5.74, 6) is 2.69. The standard InChI is InChI=1S/C19H30N2O3/c1-14-8-15(2)13-21(12-14)7-5-6-20-19(22)16-9-17(23-3)11-18(10-16)24-4/h9-11,14-15H,5-8,12-13H2,1-4H3,(H,20,22)/t14-,15-/m1/s1. The summed E-state index contributed by atoms with van der Waals surface area (Å²) in [5.41, 5.74) is 0.561.